The molecule has 2 aromatic carbocycles. The highest BCUT2D eigenvalue weighted by atomic mass is 35.5. The molecule has 4 amide bonds. The molecule has 1 aliphatic heterocycles. The number of furan rings is 1. The van der Waals surface area contributed by atoms with Crippen LogP contribution in [0.25, 0.3) is 11.3 Å². The Morgan fingerprint density at radius 3 is 2.53 bits per heavy atom. The van der Waals surface area contributed by atoms with Crippen molar-refractivity contribution in [1.82, 2.24) is 15.3 Å². The van der Waals surface area contributed by atoms with E-state index in [0.29, 0.717) is 11.4 Å². The van der Waals surface area contributed by atoms with Crippen LogP contribution < -0.4 is 11.2 Å². The Hall–Kier alpha value is -3.78. The molecule has 3 aromatic rings. The first-order chi connectivity index (χ1) is 14.0. The van der Waals surface area contributed by atoms with Gasteiger partial charge in [-0.2, -0.15) is 0 Å². The average molecular weight is 427 g/mol. The number of nitrogens with one attached hydrogen (secondary N) is 1. The zero-order valence-corrected chi connectivity index (χ0v) is 16.6. The van der Waals surface area contributed by atoms with Gasteiger partial charge in [-0.05, 0) is 29.8 Å². The number of amides is 4. The van der Waals surface area contributed by atoms with Gasteiger partial charge in [0, 0.05) is 11.3 Å². The number of nitrogens with zero attached hydrogens (tertiary/aromatic N) is 2. The molecule has 8 nitrogen and oxygen atoms in total. The van der Waals surface area contributed by atoms with E-state index < -0.39 is 17.8 Å². The molecule has 0 saturated carbocycles. The average Bonchev–Trinajstić information content (AvgIpc) is 3.30. The van der Waals surface area contributed by atoms with Crippen LogP contribution in [0.1, 0.15) is 16.1 Å². The van der Waals surface area contributed by atoms with Crippen molar-refractivity contribution in [2.75, 3.05) is 12.3 Å². The van der Waals surface area contributed by atoms with Gasteiger partial charge >= 0.3 is 11.9 Å². The molecule has 30 heavy (non-hydrogen) atoms. The van der Waals surface area contributed by atoms with Crippen LogP contribution in [0.3, 0.4) is 0 Å². The van der Waals surface area contributed by atoms with Crippen LogP contribution in [0.5, 0.6) is 0 Å². The molecule has 0 spiro atoms. The quantitative estimate of drug-likeness (QED) is 0.481. The lowest BCUT2D eigenvalue weighted by molar-refractivity contribution is -0.125. The first kappa shape index (κ1) is 20.9. The predicted molar refractivity (Wildman–Crippen MR) is 112 cm³/mol. The summed E-state index contributed by atoms with van der Waals surface area (Å²) in [5, 5.41) is 0.974. The van der Waals surface area contributed by atoms with E-state index in [4.69, 9.17) is 10.2 Å². The molecule has 3 N–H and O–H groups in total. The van der Waals surface area contributed by atoms with Crippen molar-refractivity contribution in [3.05, 3.63) is 78.1 Å². The maximum Gasteiger partial charge on any atom is 0.346 e. The molecule has 4 rings (SSSR count). The molecule has 2 heterocycles. The maximum absolute atomic E-state index is 12.6. The molecular weight excluding hydrogens is 408 g/mol. The van der Waals surface area contributed by atoms with Crippen LogP contribution in [-0.2, 0) is 11.3 Å². The van der Waals surface area contributed by atoms with Crippen molar-refractivity contribution in [3.8, 4) is 11.3 Å². The molecule has 0 aliphatic carbocycles. The lowest BCUT2D eigenvalue weighted by Gasteiger charge is -2.17. The molecule has 0 bridgehead atoms. The second-order valence-corrected chi connectivity index (χ2v) is 6.56. The SMILES string of the molecule is Cl.Nc1cccc(CN2C(=O)CN(NC(=O)c3ccc(-c4ccccc4)o3)C2=O)c1. The van der Waals surface area contributed by atoms with Crippen LogP contribution in [0.2, 0.25) is 0 Å². The summed E-state index contributed by atoms with van der Waals surface area (Å²) in [6.07, 6.45) is 0. The van der Waals surface area contributed by atoms with E-state index in [1.54, 1.807) is 30.3 Å². The molecule has 1 fully saturated rings. The summed E-state index contributed by atoms with van der Waals surface area (Å²) in [7, 11) is 0. The second-order valence-electron chi connectivity index (χ2n) is 6.56. The highest BCUT2D eigenvalue weighted by Gasteiger charge is 2.37. The largest absolute Gasteiger partial charge is 0.451 e. The molecular formula is C21H19ClN4O4. The number of anilines is 1. The van der Waals surface area contributed by atoms with Crippen molar-refractivity contribution in [1.29, 1.82) is 0 Å². The standard InChI is InChI=1S/C21H18N4O4.ClH/c22-16-8-4-5-14(11-16)12-24-19(26)13-25(21(24)28)23-20(27)18-10-9-17(29-18)15-6-2-1-3-7-15;/h1-11H,12-13,22H2,(H,23,27);1H. The van der Waals surface area contributed by atoms with Gasteiger partial charge in [0.25, 0.3) is 5.91 Å². The number of nitrogens with two attached hydrogens (primary N) is 1. The number of rotatable bonds is 5. The monoisotopic (exact) mass is 426 g/mol. The van der Waals surface area contributed by atoms with Crippen LogP contribution in [0.15, 0.2) is 71.1 Å². The minimum absolute atomic E-state index is 0. The minimum Gasteiger partial charge on any atom is -0.451 e. The first-order valence-electron chi connectivity index (χ1n) is 8.94. The molecule has 0 radical (unpaired) electrons. The molecule has 1 aliphatic rings. The minimum atomic E-state index is -0.612. The lowest BCUT2D eigenvalue weighted by atomic mass is 10.2. The molecule has 1 saturated heterocycles. The number of benzene rings is 2. The number of nitrogen functional groups attached to an aromatic ring is 1. The summed E-state index contributed by atoms with van der Waals surface area (Å²) < 4.78 is 5.58. The number of hydrogen-bond acceptors (Lipinski definition) is 5. The number of carbonyl (C=O) groups is 3. The Kier molecular flexibility index (Phi) is 6.08. The van der Waals surface area contributed by atoms with Gasteiger partial charge in [0.2, 0.25) is 0 Å². The van der Waals surface area contributed by atoms with Gasteiger partial charge in [0.15, 0.2) is 5.76 Å². The third-order valence-electron chi connectivity index (χ3n) is 4.47. The molecule has 9 heteroatoms. The summed E-state index contributed by atoms with van der Waals surface area (Å²) in [5.41, 5.74) is 10.3. The second kappa shape index (κ2) is 8.71. The predicted octanol–water partition coefficient (Wildman–Crippen LogP) is 3.06. The van der Waals surface area contributed by atoms with Crippen LogP contribution in [0, 0.1) is 0 Å². The van der Waals surface area contributed by atoms with E-state index in [9.17, 15) is 14.4 Å². The van der Waals surface area contributed by atoms with Gasteiger partial charge in [-0.15, -0.1) is 12.4 Å². The van der Waals surface area contributed by atoms with E-state index >= 15 is 0 Å². The highest BCUT2D eigenvalue weighted by Crippen LogP contribution is 2.22. The summed E-state index contributed by atoms with van der Waals surface area (Å²) in [6, 6.07) is 18.8. The third kappa shape index (κ3) is 4.28. The molecule has 154 valence electrons. The van der Waals surface area contributed by atoms with Crippen LogP contribution in [0.4, 0.5) is 10.5 Å². The number of hydrogen-bond donors (Lipinski definition) is 2. The molecule has 0 atom stereocenters. The number of imide groups is 1. The normalized spacial score (nSPS) is 13.3. The first-order valence-corrected chi connectivity index (χ1v) is 8.94. The summed E-state index contributed by atoms with van der Waals surface area (Å²) in [5.74, 6) is -0.456. The number of urea groups is 1. The highest BCUT2D eigenvalue weighted by molar-refractivity contribution is 6.03. The van der Waals surface area contributed by atoms with Gasteiger partial charge < -0.3 is 10.2 Å². The Morgan fingerprint density at radius 2 is 1.80 bits per heavy atom. The molecule has 1 aromatic heterocycles. The Balaban J connectivity index is 0.00000256. The van der Waals surface area contributed by atoms with E-state index in [-0.39, 0.29) is 31.3 Å². The fourth-order valence-corrected chi connectivity index (χ4v) is 3.05. The Bertz CT molecular complexity index is 1080. The summed E-state index contributed by atoms with van der Waals surface area (Å²) in [6.45, 7) is -0.173. The van der Waals surface area contributed by atoms with E-state index in [1.807, 2.05) is 30.3 Å². The van der Waals surface area contributed by atoms with Crippen molar-refractivity contribution < 1.29 is 18.8 Å². The Morgan fingerprint density at radius 1 is 1.03 bits per heavy atom. The fraction of sp³-hybridized carbons (Fsp3) is 0.0952. The van der Waals surface area contributed by atoms with Gasteiger partial charge in [-0.1, -0.05) is 42.5 Å². The van der Waals surface area contributed by atoms with Gasteiger partial charge in [0.1, 0.15) is 12.3 Å². The van der Waals surface area contributed by atoms with Crippen molar-refractivity contribution in [2.24, 2.45) is 0 Å². The summed E-state index contributed by atoms with van der Waals surface area (Å²) >= 11 is 0. The van der Waals surface area contributed by atoms with Crippen molar-refractivity contribution in [3.63, 3.8) is 0 Å². The summed E-state index contributed by atoms with van der Waals surface area (Å²) in [4.78, 5) is 38.3. The number of halogens is 1. The van der Waals surface area contributed by atoms with Crippen molar-refractivity contribution in [2.45, 2.75) is 6.54 Å². The van der Waals surface area contributed by atoms with E-state index in [2.05, 4.69) is 5.43 Å². The number of carbonyl (C=O) groups excluding carboxylic acids is 3. The van der Waals surface area contributed by atoms with Gasteiger partial charge in [0.05, 0.1) is 6.54 Å². The lowest BCUT2D eigenvalue weighted by Crippen LogP contribution is -2.44. The fourth-order valence-electron chi connectivity index (χ4n) is 3.05. The third-order valence-corrected chi connectivity index (χ3v) is 4.47. The topological polar surface area (TPSA) is 109 Å². The van der Waals surface area contributed by atoms with E-state index in [0.717, 1.165) is 21.0 Å². The van der Waals surface area contributed by atoms with Crippen molar-refractivity contribution >= 4 is 35.9 Å². The smallest absolute Gasteiger partial charge is 0.346 e. The van der Waals surface area contributed by atoms with Gasteiger partial charge in [-0.3, -0.25) is 19.9 Å². The number of hydrazine groups is 1. The molecule has 0 unspecified atom stereocenters. The van der Waals surface area contributed by atoms with Crippen LogP contribution in [-0.4, -0.2) is 34.3 Å². The zero-order chi connectivity index (χ0) is 20.4. The maximum atomic E-state index is 12.6. The van der Waals surface area contributed by atoms with E-state index in [1.165, 1.54) is 6.07 Å². The Labute approximate surface area is 178 Å². The van der Waals surface area contributed by atoms with Crippen LogP contribution >= 0.6 is 12.4 Å². The van der Waals surface area contributed by atoms with Gasteiger partial charge in [-0.25, -0.2) is 9.80 Å². The zero-order valence-electron chi connectivity index (χ0n) is 15.8.